The standard InChI is InChI=1S/C22H27N3O4/c1-14-7-2-5-12-18(14)25-21(28)20(27)24(22(25)29)13-19(26)23-17-11-6-9-15-8-3-4-10-16(15)17/h3-4,8,10,14,17-18H,2,5-7,9,11-13H2,1H3,(H,23,26)/t14-,17+,18+/m0/s1. The Bertz CT molecular complexity index is 852. The van der Waals surface area contributed by atoms with E-state index in [-0.39, 0.29) is 18.0 Å². The Hall–Kier alpha value is -2.70. The third-order valence-electron chi connectivity index (χ3n) is 6.49. The third-order valence-corrected chi connectivity index (χ3v) is 6.49. The van der Waals surface area contributed by atoms with Crippen LogP contribution in [0.2, 0.25) is 0 Å². The number of urea groups is 1. The molecule has 2 aliphatic carbocycles. The van der Waals surface area contributed by atoms with Gasteiger partial charge in [0.15, 0.2) is 0 Å². The van der Waals surface area contributed by atoms with E-state index in [1.807, 2.05) is 25.1 Å². The summed E-state index contributed by atoms with van der Waals surface area (Å²) in [6.45, 7) is 1.59. The molecule has 1 N–H and O–H groups in total. The molecule has 2 fully saturated rings. The predicted molar refractivity (Wildman–Crippen MR) is 106 cm³/mol. The van der Waals surface area contributed by atoms with Gasteiger partial charge >= 0.3 is 17.8 Å². The number of amides is 5. The average Bonchev–Trinajstić information content (AvgIpc) is 2.92. The number of hydrogen-bond donors (Lipinski definition) is 1. The molecule has 3 aliphatic rings. The highest BCUT2D eigenvalue weighted by Crippen LogP contribution is 2.32. The molecule has 0 unspecified atom stereocenters. The molecular weight excluding hydrogens is 370 g/mol. The lowest BCUT2D eigenvalue weighted by Gasteiger charge is -2.34. The number of carbonyl (C=O) groups excluding carboxylic acids is 4. The lowest BCUT2D eigenvalue weighted by molar-refractivity contribution is -0.145. The summed E-state index contributed by atoms with van der Waals surface area (Å²) in [6, 6.07) is 6.94. The number of fused-ring (bicyclic) bond motifs is 1. The maximum absolute atomic E-state index is 12.8. The Morgan fingerprint density at radius 2 is 1.79 bits per heavy atom. The van der Waals surface area contributed by atoms with Gasteiger partial charge < -0.3 is 5.32 Å². The summed E-state index contributed by atoms with van der Waals surface area (Å²) in [4.78, 5) is 52.3. The van der Waals surface area contributed by atoms with Crippen LogP contribution in [-0.4, -0.2) is 46.1 Å². The van der Waals surface area contributed by atoms with E-state index in [9.17, 15) is 19.2 Å². The molecule has 1 aliphatic heterocycles. The van der Waals surface area contributed by atoms with Crippen LogP contribution in [0.1, 0.15) is 62.6 Å². The SMILES string of the molecule is C[C@H]1CCCC[C@H]1N1C(=O)C(=O)N(CC(=O)N[C@@H]2CCCc3ccccc32)C1=O. The van der Waals surface area contributed by atoms with E-state index in [2.05, 4.69) is 11.4 Å². The van der Waals surface area contributed by atoms with E-state index in [1.165, 1.54) is 5.56 Å². The van der Waals surface area contributed by atoms with Crippen LogP contribution in [0.5, 0.6) is 0 Å². The van der Waals surface area contributed by atoms with Gasteiger partial charge in [-0.3, -0.25) is 19.3 Å². The Morgan fingerprint density at radius 3 is 2.59 bits per heavy atom. The van der Waals surface area contributed by atoms with E-state index in [4.69, 9.17) is 0 Å². The average molecular weight is 397 g/mol. The maximum atomic E-state index is 12.8. The molecule has 29 heavy (non-hydrogen) atoms. The molecule has 3 atom stereocenters. The van der Waals surface area contributed by atoms with Crippen LogP contribution < -0.4 is 5.32 Å². The van der Waals surface area contributed by atoms with Gasteiger partial charge in [-0.15, -0.1) is 0 Å². The van der Waals surface area contributed by atoms with Crippen LogP contribution >= 0.6 is 0 Å². The van der Waals surface area contributed by atoms with Crippen LogP contribution in [0.25, 0.3) is 0 Å². The molecular formula is C22H27N3O4. The summed E-state index contributed by atoms with van der Waals surface area (Å²) in [5.41, 5.74) is 2.30. The van der Waals surface area contributed by atoms with Crippen LogP contribution in [0.15, 0.2) is 24.3 Å². The van der Waals surface area contributed by atoms with Crippen molar-refractivity contribution < 1.29 is 19.2 Å². The minimum Gasteiger partial charge on any atom is -0.348 e. The van der Waals surface area contributed by atoms with Gasteiger partial charge in [0, 0.05) is 6.04 Å². The lowest BCUT2D eigenvalue weighted by atomic mass is 9.85. The number of rotatable bonds is 4. The van der Waals surface area contributed by atoms with Gasteiger partial charge in [0.1, 0.15) is 6.54 Å². The second kappa shape index (κ2) is 7.97. The third kappa shape index (κ3) is 3.66. The number of nitrogens with zero attached hydrogens (tertiary/aromatic N) is 2. The first-order chi connectivity index (χ1) is 14.0. The maximum Gasteiger partial charge on any atom is 0.334 e. The summed E-state index contributed by atoms with van der Waals surface area (Å²) >= 11 is 0. The fourth-order valence-electron chi connectivity index (χ4n) is 4.92. The van der Waals surface area contributed by atoms with Gasteiger partial charge in [0.05, 0.1) is 6.04 Å². The molecule has 0 spiro atoms. The number of carbonyl (C=O) groups is 4. The summed E-state index contributed by atoms with van der Waals surface area (Å²) in [7, 11) is 0. The van der Waals surface area contributed by atoms with Crippen LogP contribution in [0.4, 0.5) is 4.79 Å². The van der Waals surface area contributed by atoms with Gasteiger partial charge in [-0.25, -0.2) is 9.69 Å². The van der Waals surface area contributed by atoms with Gasteiger partial charge in [-0.05, 0) is 49.1 Å². The quantitative estimate of drug-likeness (QED) is 0.625. The second-order valence-electron chi connectivity index (χ2n) is 8.39. The molecule has 1 saturated carbocycles. The molecule has 1 saturated heterocycles. The highest BCUT2D eigenvalue weighted by Gasteiger charge is 2.49. The largest absolute Gasteiger partial charge is 0.348 e. The zero-order valence-corrected chi connectivity index (χ0v) is 16.7. The Morgan fingerprint density at radius 1 is 1.03 bits per heavy atom. The fourth-order valence-corrected chi connectivity index (χ4v) is 4.92. The van der Waals surface area contributed by atoms with Crippen molar-refractivity contribution in [2.45, 2.75) is 64.0 Å². The van der Waals surface area contributed by atoms with Gasteiger partial charge in [0.2, 0.25) is 5.91 Å². The first kappa shape index (κ1) is 19.6. The number of benzene rings is 1. The topological polar surface area (TPSA) is 86.8 Å². The normalized spacial score (nSPS) is 27.2. The highest BCUT2D eigenvalue weighted by atomic mass is 16.2. The van der Waals surface area contributed by atoms with Crippen LogP contribution in [0.3, 0.4) is 0 Å². The molecule has 4 rings (SSSR count). The molecule has 0 bridgehead atoms. The second-order valence-corrected chi connectivity index (χ2v) is 8.39. The minimum atomic E-state index is -0.896. The zero-order chi connectivity index (χ0) is 20.5. The summed E-state index contributed by atoms with van der Waals surface area (Å²) < 4.78 is 0. The molecule has 1 aromatic rings. The van der Waals surface area contributed by atoms with Crippen molar-refractivity contribution in [3.63, 3.8) is 0 Å². The van der Waals surface area contributed by atoms with Crippen molar-refractivity contribution in [3.05, 3.63) is 35.4 Å². The van der Waals surface area contributed by atoms with E-state index in [1.54, 1.807) is 0 Å². The van der Waals surface area contributed by atoms with Crippen molar-refractivity contribution in [3.8, 4) is 0 Å². The van der Waals surface area contributed by atoms with E-state index in [0.717, 1.165) is 53.9 Å². The van der Waals surface area contributed by atoms with Crippen LogP contribution in [-0.2, 0) is 20.8 Å². The van der Waals surface area contributed by atoms with Crippen molar-refractivity contribution >= 4 is 23.8 Å². The number of imide groups is 2. The molecule has 7 heteroatoms. The van der Waals surface area contributed by atoms with Gasteiger partial charge in [-0.2, -0.15) is 0 Å². The summed E-state index contributed by atoms with van der Waals surface area (Å²) in [5.74, 6) is -1.95. The fraction of sp³-hybridized carbons (Fsp3) is 0.545. The first-order valence-electron chi connectivity index (χ1n) is 10.5. The molecule has 154 valence electrons. The van der Waals surface area contributed by atoms with Crippen LogP contribution in [0, 0.1) is 5.92 Å². The summed E-state index contributed by atoms with van der Waals surface area (Å²) in [6.07, 6.45) is 6.40. The Labute approximate surface area is 170 Å². The molecule has 1 heterocycles. The highest BCUT2D eigenvalue weighted by molar-refractivity contribution is 6.45. The van der Waals surface area contributed by atoms with Gasteiger partial charge in [0.25, 0.3) is 0 Å². The molecule has 1 aromatic carbocycles. The summed E-state index contributed by atoms with van der Waals surface area (Å²) in [5, 5.41) is 2.95. The van der Waals surface area contributed by atoms with Gasteiger partial charge in [-0.1, -0.05) is 44.0 Å². The van der Waals surface area contributed by atoms with Crippen molar-refractivity contribution in [2.24, 2.45) is 5.92 Å². The van der Waals surface area contributed by atoms with Crippen molar-refractivity contribution in [1.82, 2.24) is 15.1 Å². The zero-order valence-electron chi connectivity index (χ0n) is 16.7. The minimum absolute atomic E-state index is 0.134. The first-order valence-corrected chi connectivity index (χ1v) is 10.5. The lowest BCUT2D eigenvalue weighted by Crippen LogP contribution is -2.47. The predicted octanol–water partition coefficient (Wildman–Crippen LogP) is 2.55. The van der Waals surface area contributed by atoms with E-state index >= 15 is 0 Å². The number of hydrogen-bond acceptors (Lipinski definition) is 4. The number of aryl methyl sites for hydroxylation is 1. The Kier molecular flexibility index (Phi) is 5.39. The molecule has 7 nitrogen and oxygen atoms in total. The smallest absolute Gasteiger partial charge is 0.334 e. The van der Waals surface area contributed by atoms with Crippen molar-refractivity contribution in [1.29, 1.82) is 0 Å². The van der Waals surface area contributed by atoms with E-state index in [0.29, 0.717) is 6.42 Å². The molecule has 0 radical (unpaired) electrons. The van der Waals surface area contributed by atoms with Crippen molar-refractivity contribution in [2.75, 3.05) is 6.54 Å². The number of nitrogens with one attached hydrogen (secondary N) is 1. The molecule has 0 aromatic heterocycles. The molecule has 5 amide bonds. The Balaban J connectivity index is 1.44. The van der Waals surface area contributed by atoms with E-state index < -0.39 is 30.3 Å². The monoisotopic (exact) mass is 397 g/mol.